The van der Waals surface area contributed by atoms with E-state index in [1.807, 2.05) is 17.0 Å². The van der Waals surface area contributed by atoms with Crippen LogP contribution in [0.5, 0.6) is 0 Å². The summed E-state index contributed by atoms with van der Waals surface area (Å²) < 4.78 is 0. The molecule has 0 spiro atoms. The number of carbonyl (C=O) groups is 2. The third-order valence-electron chi connectivity index (χ3n) is 7.51. The van der Waals surface area contributed by atoms with Crippen molar-refractivity contribution < 1.29 is 14.8 Å². The molecule has 0 aliphatic carbocycles. The minimum atomic E-state index is -0.488. The highest BCUT2D eigenvalue weighted by Crippen LogP contribution is 2.21. The molecule has 2 aromatic rings. The number of halogens is 1. The van der Waals surface area contributed by atoms with Gasteiger partial charge in [0.1, 0.15) is 0 Å². The molecule has 0 unspecified atom stereocenters. The highest BCUT2D eigenvalue weighted by molar-refractivity contribution is 5.93. The van der Waals surface area contributed by atoms with E-state index in [1.165, 1.54) is 11.1 Å². The summed E-state index contributed by atoms with van der Waals surface area (Å²) >= 11 is 0. The molecule has 4 rings (SSSR count). The van der Waals surface area contributed by atoms with Crippen molar-refractivity contribution in [3.05, 3.63) is 70.8 Å². The first-order valence-electron chi connectivity index (χ1n) is 12.9. The van der Waals surface area contributed by atoms with Crippen molar-refractivity contribution in [2.45, 2.75) is 52.5 Å². The van der Waals surface area contributed by atoms with E-state index in [9.17, 15) is 9.59 Å². The van der Waals surface area contributed by atoms with Gasteiger partial charge in [-0.15, -0.1) is 12.4 Å². The van der Waals surface area contributed by atoms with Gasteiger partial charge in [0.15, 0.2) is 0 Å². The highest BCUT2D eigenvalue weighted by atomic mass is 35.5. The Morgan fingerprint density at radius 2 is 1.24 bits per heavy atom. The quantitative estimate of drug-likeness (QED) is 0.424. The molecule has 2 aliphatic rings. The number of hydrogen-bond donors (Lipinski definition) is 2. The van der Waals surface area contributed by atoms with Gasteiger partial charge in [0.05, 0.1) is 0 Å². The zero-order chi connectivity index (χ0) is 25.7. The lowest BCUT2D eigenvalue weighted by Gasteiger charge is -2.44. The third-order valence-corrected chi connectivity index (χ3v) is 7.51. The topological polar surface area (TPSA) is 79.4 Å². The fourth-order valence-corrected chi connectivity index (χ4v) is 5.43. The fourth-order valence-electron chi connectivity index (χ4n) is 5.43. The molecule has 2 atom stereocenters. The lowest BCUT2D eigenvalue weighted by atomic mass is 10.0. The fraction of sp³-hybridized carbons (Fsp3) is 0.500. The minimum absolute atomic E-state index is 0. The summed E-state index contributed by atoms with van der Waals surface area (Å²) in [5.41, 5.74) is 5.95. The average Bonchev–Trinajstić information content (AvgIpc) is 2.87. The van der Waals surface area contributed by atoms with Crippen LogP contribution >= 0.6 is 12.4 Å². The van der Waals surface area contributed by atoms with Crippen LogP contribution in [0, 0.1) is 0 Å². The maximum absolute atomic E-state index is 11.5. The Balaban J connectivity index is 0.00000380. The average molecular weight is 530 g/mol. The molecule has 8 nitrogen and oxygen atoms in total. The SMILES string of the molecule is CC(=O)N1CCN(Cc2ccc(CN3[C@H](C)CN(Cc4ccc(C(=O)NO)cc4)C[C@@H]3C)cc2)CC1.Cl. The second-order valence-electron chi connectivity index (χ2n) is 10.3. The van der Waals surface area contributed by atoms with E-state index >= 15 is 0 Å². The Morgan fingerprint density at radius 1 is 0.784 bits per heavy atom. The number of nitrogens with one attached hydrogen (secondary N) is 1. The van der Waals surface area contributed by atoms with Crippen molar-refractivity contribution >= 4 is 24.2 Å². The number of benzene rings is 2. The van der Waals surface area contributed by atoms with Crippen molar-refractivity contribution in [3.63, 3.8) is 0 Å². The van der Waals surface area contributed by atoms with E-state index in [1.54, 1.807) is 24.5 Å². The van der Waals surface area contributed by atoms with Gasteiger partial charge in [-0.2, -0.15) is 0 Å². The van der Waals surface area contributed by atoms with E-state index in [0.717, 1.165) is 64.5 Å². The summed E-state index contributed by atoms with van der Waals surface area (Å²) in [6.07, 6.45) is 0. The first-order valence-corrected chi connectivity index (χ1v) is 12.9. The van der Waals surface area contributed by atoms with E-state index in [2.05, 4.69) is 52.8 Å². The molecule has 0 saturated carbocycles. The molecule has 202 valence electrons. The van der Waals surface area contributed by atoms with Crippen LogP contribution in [-0.2, 0) is 24.4 Å². The van der Waals surface area contributed by atoms with Crippen molar-refractivity contribution in [2.75, 3.05) is 39.3 Å². The van der Waals surface area contributed by atoms with Crippen LogP contribution in [0.3, 0.4) is 0 Å². The van der Waals surface area contributed by atoms with Crippen LogP contribution in [0.2, 0.25) is 0 Å². The second-order valence-corrected chi connectivity index (χ2v) is 10.3. The van der Waals surface area contributed by atoms with E-state index in [4.69, 9.17) is 5.21 Å². The Labute approximate surface area is 226 Å². The number of nitrogens with zero attached hydrogens (tertiary/aromatic N) is 4. The van der Waals surface area contributed by atoms with Gasteiger partial charge < -0.3 is 4.90 Å². The van der Waals surface area contributed by atoms with Gasteiger partial charge in [0.25, 0.3) is 5.91 Å². The van der Waals surface area contributed by atoms with Gasteiger partial charge in [0.2, 0.25) is 5.91 Å². The van der Waals surface area contributed by atoms with Crippen LogP contribution < -0.4 is 5.48 Å². The van der Waals surface area contributed by atoms with Crippen LogP contribution in [0.4, 0.5) is 0 Å². The molecule has 2 amide bonds. The summed E-state index contributed by atoms with van der Waals surface area (Å²) in [4.78, 5) is 32.5. The summed E-state index contributed by atoms with van der Waals surface area (Å²) in [5, 5.41) is 8.79. The van der Waals surface area contributed by atoms with Gasteiger partial charge in [-0.05, 0) is 42.7 Å². The predicted octanol–water partition coefficient (Wildman–Crippen LogP) is 2.99. The van der Waals surface area contributed by atoms with Crippen molar-refractivity contribution in [1.82, 2.24) is 25.1 Å². The number of hydrogen-bond acceptors (Lipinski definition) is 6. The molecule has 9 heteroatoms. The molecule has 0 aromatic heterocycles. The van der Waals surface area contributed by atoms with E-state index in [0.29, 0.717) is 17.6 Å². The number of amides is 2. The summed E-state index contributed by atoms with van der Waals surface area (Å²) in [7, 11) is 0. The number of hydroxylamine groups is 1. The van der Waals surface area contributed by atoms with Crippen molar-refractivity contribution in [2.24, 2.45) is 0 Å². The molecule has 2 aliphatic heterocycles. The molecule has 2 fully saturated rings. The van der Waals surface area contributed by atoms with Gasteiger partial charge in [-0.1, -0.05) is 36.4 Å². The maximum Gasteiger partial charge on any atom is 0.274 e. The van der Waals surface area contributed by atoms with Crippen molar-refractivity contribution in [1.29, 1.82) is 0 Å². The van der Waals surface area contributed by atoms with Gasteiger partial charge >= 0.3 is 0 Å². The summed E-state index contributed by atoms with van der Waals surface area (Å²) in [6.45, 7) is 14.5. The zero-order valence-electron chi connectivity index (χ0n) is 22.1. The molecule has 2 N–H and O–H groups in total. The predicted molar refractivity (Wildman–Crippen MR) is 147 cm³/mol. The summed E-state index contributed by atoms with van der Waals surface area (Å²) in [6, 6.07) is 17.3. The van der Waals surface area contributed by atoms with Crippen LogP contribution in [0.1, 0.15) is 47.8 Å². The highest BCUT2D eigenvalue weighted by Gasteiger charge is 2.29. The largest absolute Gasteiger partial charge is 0.340 e. The van der Waals surface area contributed by atoms with E-state index < -0.39 is 5.91 Å². The smallest absolute Gasteiger partial charge is 0.274 e. The molecule has 2 heterocycles. The van der Waals surface area contributed by atoms with Gasteiger partial charge in [-0.25, -0.2) is 5.48 Å². The Hall–Kier alpha value is -2.49. The third kappa shape index (κ3) is 7.75. The Bertz CT molecular complexity index is 1010. The van der Waals surface area contributed by atoms with Crippen LogP contribution in [-0.4, -0.2) is 88.0 Å². The maximum atomic E-state index is 11.5. The normalized spacial score (nSPS) is 21.4. The standard InChI is InChI=1S/C28H39N5O3.ClH/c1-21-16-31(19-25-8-10-27(11-9-25)28(35)29-36)17-22(2)33(21)20-26-6-4-24(5-7-26)18-30-12-14-32(15-13-30)23(3)34;/h4-11,21-22,36H,12-20H2,1-3H3,(H,29,35);1H/t21-,22+;. The molecular weight excluding hydrogens is 490 g/mol. The van der Waals surface area contributed by atoms with Crippen LogP contribution in [0.25, 0.3) is 0 Å². The minimum Gasteiger partial charge on any atom is -0.340 e. The number of carbonyl (C=O) groups excluding carboxylic acids is 2. The first-order chi connectivity index (χ1) is 17.3. The van der Waals surface area contributed by atoms with E-state index in [-0.39, 0.29) is 18.3 Å². The molecule has 37 heavy (non-hydrogen) atoms. The zero-order valence-corrected chi connectivity index (χ0v) is 22.9. The van der Waals surface area contributed by atoms with Crippen LogP contribution in [0.15, 0.2) is 48.5 Å². The molecule has 2 aromatic carbocycles. The number of piperazine rings is 2. The number of rotatable bonds is 7. The Kier molecular flexibility index (Phi) is 10.5. The summed E-state index contributed by atoms with van der Waals surface area (Å²) in [5.74, 6) is -0.315. The van der Waals surface area contributed by atoms with Crippen molar-refractivity contribution in [3.8, 4) is 0 Å². The monoisotopic (exact) mass is 529 g/mol. The molecule has 2 saturated heterocycles. The second kappa shape index (κ2) is 13.3. The van der Waals surface area contributed by atoms with Gasteiger partial charge in [-0.3, -0.25) is 29.5 Å². The lowest BCUT2D eigenvalue weighted by molar-refractivity contribution is -0.130. The first kappa shape index (κ1) is 29.1. The molecule has 0 bridgehead atoms. The van der Waals surface area contributed by atoms with Gasteiger partial charge in [0, 0.05) is 83.5 Å². The molecular formula is C28H40ClN5O3. The Morgan fingerprint density at radius 3 is 1.73 bits per heavy atom. The molecule has 0 radical (unpaired) electrons. The lowest BCUT2D eigenvalue weighted by Crippen LogP contribution is -2.55.